The van der Waals surface area contributed by atoms with E-state index in [1.165, 1.54) is 4.90 Å². The zero-order chi connectivity index (χ0) is 15.8. The number of nitrogens with one attached hydrogen (secondary N) is 1. The zero-order valence-corrected chi connectivity index (χ0v) is 13.6. The third-order valence-electron chi connectivity index (χ3n) is 4.28. The largest absolute Gasteiger partial charge is 0.342 e. The van der Waals surface area contributed by atoms with E-state index in [0.29, 0.717) is 13.0 Å². The molecular formula is C18H17N3OS. The number of hydrogen-bond acceptors (Lipinski definition) is 3. The lowest BCUT2D eigenvalue weighted by Crippen LogP contribution is -2.24. The molecule has 23 heavy (non-hydrogen) atoms. The van der Waals surface area contributed by atoms with Crippen LogP contribution in [0.1, 0.15) is 18.2 Å². The summed E-state index contributed by atoms with van der Waals surface area (Å²) >= 11 is 1.69. The summed E-state index contributed by atoms with van der Waals surface area (Å²) in [4.78, 5) is 23.5. The molecule has 1 aliphatic rings. The number of anilines is 1. The van der Waals surface area contributed by atoms with E-state index < -0.39 is 0 Å². The Balaban J connectivity index is 1.62. The molecule has 1 saturated heterocycles. The topological polar surface area (TPSA) is 49.0 Å². The number of imidazole rings is 1. The Hall–Kier alpha value is -2.27. The summed E-state index contributed by atoms with van der Waals surface area (Å²) in [6.45, 7) is 0.677. The molecule has 1 amide bonds. The second-order valence-electron chi connectivity index (χ2n) is 5.75. The molecule has 1 aliphatic heterocycles. The van der Waals surface area contributed by atoms with Gasteiger partial charge in [0.15, 0.2) is 0 Å². The molecule has 0 saturated carbocycles. The summed E-state index contributed by atoms with van der Waals surface area (Å²) in [5, 5.41) is 0. The Morgan fingerprint density at radius 3 is 2.91 bits per heavy atom. The van der Waals surface area contributed by atoms with Crippen molar-refractivity contribution in [1.82, 2.24) is 9.97 Å². The second-order valence-corrected chi connectivity index (χ2v) is 6.63. The molecule has 1 atom stereocenters. The number of para-hydroxylation sites is 2. The zero-order valence-electron chi connectivity index (χ0n) is 12.8. The van der Waals surface area contributed by atoms with E-state index in [-0.39, 0.29) is 11.8 Å². The number of amides is 1. The lowest BCUT2D eigenvalue weighted by molar-refractivity contribution is -0.117. The van der Waals surface area contributed by atoms with Gasteiger partial charge >= 0.3 is 0 Å². The maximum Gasteiger partial charge on any atom is 0.227 e. The summed E-state index contributed by atoms with van der Waals surface area (Å²) < 4.78 is 0. The molecule has 2 aromatic carbocycles. The minimum Gasteiger partial charge on any atom is -0.342 e. The predicted octanol–water partition coefficient (Wildman–Crippen LogP) is 3.81. The van der Waals surface area contributed by atoms with Crippen molar-refractivity contribution in [3.8, 4) is 0 Å². The second kappa shape index (κ2) is 5.74. The van der Waals surface area contributed by atoms with Crippen molar-refractivity contribution in [1.29, 1.82) is 0 Å². The lowest BCUT2D eigenvalue weighted by atomic mass is 10.1. The maximum absolute atomic E-state index is 12.5. The molecule has 1 fully saturated rings. The first-order chi connectivity index (χ1) is 11.2. The predicted molar refractivity (Wildman–Crippen MR) is 94.0 cm³/mol. The van der Waals surface area contributed by atoms with Crippen LogP contribution in [0, 0.1) is 0 Å². The Bertz CT molecular complexity index is 840. The van der Waals surface area contributed by atoms with Gasteiger partial charge in [-0.25, -0.2) is 4.98 Å². The summed E-state index contributed by atoms with van der Waals surface area (Å²) in [5.41, 5.74) is 2.95. The average molecular weight is 323 g/mol. The van der Waals surface area contributed by atoms with Gasteiger partial charge in [0.2, 0.25) is 5.91 Å². The molecule has 5 heteroatoms. The van der Waals surface area contributed by atoms with Crippen molar-refractivity contribution in [2.24, 2.45) is 0 Å². The van der Waals surface area contributed by atoms with Gasteiger partial charge in [0.25, 0.3) is 0 Å². The van der Waals surface area contributed by atoms with Crippen LogP contribution < -0.4 is 4.90 Å². The van der Waals surface area contributed by atoms with Crippen LogP contribution in [-0.4, -0.2) is 28.7 Å². The van der Waals surface area contributed by atoms with E-state index in [9.17, 15) is 4.79 Å². The molecule has 0 bridgehead atoms. The number of benzene rings is 2. The van der Waals surface area contributed by atoms with Crippen LogP contribution in [0.3, 0.4) is 0 Å². The first kappa shape index (κ1) is 14.3. The van der Waals surface area contributed by atoms with Gasteiger partial charge in [-0.3, -0.25) is 4.79 Å². The van der Waals surface area contributed by atoms with Crippen molar-refractivity contribution in [2.45, 2.75) is 17.2 Å². The molecule has 2 heterocycles. The number of fused-ring (bicyclic) bond motifs is 1. The number of rotatable bonds is 3. The highest BCUT2D eigenvalue weighted by Gasteiger charge is 2.33. The molecule has 0 spiro atoms. The van der Waals surface area contributed by atoms with Gasteiger partial charge in [0, 0.05) is 29.5 Å². The van der Waals surface area contributed by atoms with Crippen molar-refractivity contribution in [3.63, 3.8) is 0 Å². The van der Waals surface area contributed by atoms with Gasteiger partial charge in [0.1, 0.15) is 5.82 Å². The molecule has 4 rings (SSSR count). The molecule has 116 valence electrons. The van der Waals surface area contributed by atoms with E-state index in [2.05, 4.69) is 22.1 Å². The summed E-state index contributed by atoms with van der Waals surface area (Å²) in [7, 11) is 0. The molecule has 3 aromatic rings. The monoisotopic (exact) mass is 323 g/mol. The Morgan fingerprint density at radius 1 is 1.22 bits per heavy atom. The van der Waals surface area contributed by atoms with Gasteiger partial charge in [0.05, 0.1) is 11.0 Å². The highest BCUT2D eigenvalue weighted by molar-refractivity contribution is 7.98. The number of H-pyrrole nitrogens is 1. The molecule has 0 aliphatic carbocycles. The van der Waals surface area contributed by atoms with Crippen molar-refractivity contribution < 1.29 is 4.79 Å². The SMILES string of the molecule is CSc1cccc(N2C[C@@H](c3nc4ccccc4[nH]3)CC2=O)c1. The number of thioether (sulfide) groups is 1. The molecule has 0 unspecified atom stereocenters. The minimum absolute atomic E-state index is 0.118. The maximum atomic E-state index is 12.5. The number of nitrogens with zero attached hydrogens (tertiary/aromatic N) is 2. The first-order valence-corrected chi connectivity index (χ1v) is 8.86. The lowest BCUT2D eigenvalue weighted by Gasteiger charge is -2.17. The van der Waals surface area contributed by atoms with Crippen LogP contribution in [-0.2, 0) is 4.79 Å². The fourth-order valence-corrected chi connectivity index (χ4v) is 3.54. The number of aromatic amines is 1. The van der Waals surface area contributed by atoms with Gasteiger partial charge in [-0.05, 0) is 36.6 Å². The van der Waals surface area contributed by atoms with Gasteiger partial charge in [-0.15, -0.1) is 11.8 Å². The van der Waals surface area contributed by atoms with Gasteiger partial charge < -0.3 is 9.88 Å². The summed E-state index contributed by atoms with van der Waals surface area (Å²) in [6, 6.07) is 16.1. The fourth-order valence-electron chi connectivity index (χ4n) is 3.08. The average Bonchev–Trinajstić information content (AvgIpc) is 3.18. The number of carbonyl (C=O) groups excluding carboxylic acids is 1. The van der Waals surface area contributed by atoms with E-state index in [1.54, 1.807) is 11.8 Å². The van der Waals surface area contributed by atoms with Crippen molar-refractivity contribution >= 4 is 34.4 Å². The number of aromatic nitrogens is 2. The van der Waals surface area contributed by atoms with Crippen LogP contribution in [0.4, 0.5) is 5.69 Å². The fraction of sp³-hybridized carbons (Fsp3) is 0.222. The van der Waals surface area contributed by atoms with Crippen LogP contribution in [0.15, 0.2) is 53.4 Å². The standard InChI is InChI=1S/C18H17N3OS/c1-23-14-6-4-5-13(10-14)21-11-12(9-17(21)22)18-19-15-7-2-3-8-16(15)20-18/h2-8,10,12H,9,11H2,1H3,(H,19,20)/t12-/m0/s1. The summed E-state index contributed by atoms with van der Waals surface area (Å²) in [6.07, 6.45) is 2.55. The molecule has 0 radical (unpaired) electrons. The highest BCUT2D eigenvalue weighted by Crippen LogP contribution is 2.32. The number of hydrogen-bond donors (Lipinski definition) is 1. The quantitative estimate of drug-likeness (QED) is 0.746. The molecule has 1 aromatic heterocycles. The van der Waals surface area contributed by atoms with E-state index in [1.807, 2.05) is 47.6 Å². The number of carbonyl (C=O) groups is 1. The Morgan fingerprint density at radius 2 is 2.09 bits per heavy atom. The van der Waals surface area contributed by atoms with Crippen LogP contribution in [0.2, 0.25) is 0 Å². The Labute approximate surface area is 138 Å². The van der Waals surface area contributed by atoms with Crippen LogP contribution in [0.5, 0.6) is 0 Å². The highest BCUT2D eigenvalue weighted by atomic mass is 32.2. The Kier molecular flexibility index (Phi) is 3.58. The normalized spacial score (nSPS) is 18.0. The third-order valence-corrected chi connectivity index (χ3v) is 5.01. The minimum atomic E-state index is 0.118. The van der Waals surface area contributed by atoms with Crippen molar-refractivity contribution in [2.75, 3.05) is 17.7 Å². The molecule has 4 nitrogen and oxygen atoms in total. The smallest absolute Gasteiger partial charge is 0.227 e. The van der Waals surface area contributed by atoms with E-state index in [0.717, 1.165) is 22.5 Å². The van der Waals surface area contributed by atoms with Crippen LogP contribution >= 0.6 is 11.8 Å². The van der Waals surface area contributed by atoms with Gasteiger partial charge in [-0.1, -0.05) is 18.2 Å². The van der Waals surface area contributed by atoms with Crippen molar-refractivity contribution in [3.05, 3.63) is 54.4 Å². The van der Waals surface area contributed by atoms with Crippen LogP contribution in [0.25, 0.3) is 11.0 Å². The first-order valence-electron chi connectivity index (χ1n) is 7.63. The van der Waals surface area contributed by atoms with Gasteiger partial charge in [-0.2, -0.15) is 0 Å². The van der Waals surface area contributed by atoms with E-state index in [4.69, 9.17) is 0 Å². The molecular weight excluding hydrogens is 306 g/mol. The third kappa shape index (κ3) is 2.61. The molecule has 1 N–H and O–H groups in total. The van der Waals surface area contributed by atoms with E-state index >= 15 is 0 Å². The summed E-state index contributed by atoms with van der Waals surface area (Å²) in [5.74, 6) is 1.18.